The van der Waals surface area contributed by atoms with Crippen LogP contribution in [0.3, 0.4) is 0 Å². The second-order valence-electron chi connectivity index (χ2n) is 7.66. The van der Waals surface area contributed by atoms with Crippen molar-refractivity contribution in [1.29, 1.82) is 0 Å². The molecule has 30 heavy (non-hydrogen) atoms. The summed E-state index contributed by atoms with van der Waals surface area (Å²) >= 11 is 6.27. The molecule has 0 aromatic heterocycles. The predicted octanol–water partition coefficient (Wildman–Crippen LogP) is 4.34. The summed E-state index contributed by atoms with van der Waals surface area (Å²) in [5, 5.41) is 2.96. The van der Waals surface area contributed by atoms with Crippen LogP contribution >= 0.6 is 11.6 Å². The highest BCUT2D eigenvalue weighted by Gasteiger charge is 2.54. The lowest BCUT2D eigenvalue weighted by atomic mass is 9.84. The number of carbonyl (C=O) groups excluding carboxylic acids is 2. The van der Waals surface area contributed by atoms with Crippen molar-refractivity contribution in [2.45, 2.75) is 43.2 Å². The zero-order valence-corrected chi connectivity index (χ0v) is 16.4. The average molecular weight is 441 g/mol. The number of nitrogens with one attached hydrogen (secondary N) is 1. The number of benzene rings is 2. The standard InChI is InChI=1S/C21H17ClF4N2O2/c22-18-3-1-2-17-16(18)4-5-21(17,19(30)27-14-9-20(25,26)10-14)28(11-29)15-7-12(23)6-13(24)8-15/h1-3,6-8,11,14H,4-5,9-10H2,(H,27,30). The van der Waals surface area contributed by atoms with E-state index in [9.17, 15) is 27.2 Å². The van der Waals surface area contributed by atoms with Crippen molar-refractivity contribution in [3.8, 4) is 0 Å². The SMILES string of the molecule is O=CN(c1cc(F)cc(F)c1)C1(C(=O)NC2CC(F)(F)C2)CCc2c(Cl)cccc21. The van der Waals surface area contributed by atoms with Crippen molar-refractivity contribution >= 4 is 29.6 Å². The van der Waals surface area contributed by atoms with Crippen LogP contribution in [0.4, 0.5) is 23.2 Å². The van der Waals surface area contributed by atoms with Crippen molar-refractivity contribution in [1.82, 2.24) is 5.32 Å². The van der Waals surface area contributed by atoms with Crippen LogP contribution in [-0.4, -0.2) is 24.3 Å². The minimum Gasteiger partial charge on any atom is -0.351 e. The van der Waals surface area contributed by atoms with Gasteiger partial charge in [-0.3, -0.25) is 14.5 Å². The molecule has 0 aliphatic heterocycles. The van der Waals surface area contributed by atoms with E-state index in [1.54, 1.807) is 18.2 Å². The van der Waals surface area contributed by atoms with E-state index >= 15 is 0 Å². The molecule has 4 nitrogen and oxygen atoms in total. The number of amides is 2. The van der Waals surface area contributed by atoms with Gasteiger partial charge in [0.25, 0.3) is 11.8 Å². The number of alkyl halides is 2. The molecule has 2 aliphatic rings. The topological polar surface area (TPSA) is 49.4 Å². The van der Waals surface area contributed by atoms with Gasteiger partial charge in [0.05, 0.1) is 5.69 Å². The van der Waals surface area contributed by atoms with E-state index in [4.69, 9.17) is 11.6 Å². The number of anilines is 1. The average Bonchev–Trinajstić information content (AvgIpc) is 3.02. The van der Waals surface area contributed by atoms with Gasteiger partial charge < -0.3 is 5.32 Å². The number of carbonyl (C=O) groups is 2. The maximum absolute atomic E-state index is 13.9. The van der Waals surface area contributed by atoms with Gasteiger partial charge in [0.2, 0.25) is 6.41 Å². The Labute approximate surface area is 174 Å². The molecule has 0 radical (unpaired) electrons. The molecule has 0 bridgehead atoms. The normalized spacial score (nSPS) is 22.2. The maximum atomic E-state index is 13.9. The molecule has 1 fully saturated rings. The van der Waals surface area contributed by atoms with E-state index in [1.807, 2.05) is 0 Å². The fourth-order valence-electron chi connectivity index (χ4n) is 4.35. The van der Waals surface area contributed by atoms with E-state index in [0.717, 1.165) is 17.0 Å². The van der Waals surface area contributed by atoms with Crippen LogP contribution in [0.25, 0.3) is 0 Å². The molecule has 158 valence electrons. The molecule has 9 heteroatoms. The van der Waals surface area contributed by atoms with E-state index in [1.165, 1.54) is 0 Å². The highest BCUT2D eigenvalue weighted by Crippen LogP contribution is 2.47. The molecule has 4 rings (SSSR count). The molecule has 1 N–H and O–H groups in total. The van der Waals surface area contributed by atoms with Crippen LogP contribution in [0.1, 0.15) is 30.4 Å². The van der Waals surface area contributed by atoms with Crippen LogP contribution in [-0.2, 0) is 21.5 Å². The second kappa shape index (κ2) is 7.27. The Bertz CT molecular complexity index is 1000. The zero-order valence-electron chi connectivity index (χ0n) is 15.6. The van der Waals surface area contributed by atoms with E-state index < -0.39 is 47.9 Å². The van der Waals surface area contributed by atoms with E-state index in [-0.39, 0.29) is 12.1 Å². The number of halogens is 5. The second-order valence-corrected chi connectivity index (χ2v) is 8.07. The molecule has 0 saturated heterocycles. The van der Waals surface area contributed by atoms with E-state index in [2.05, 4.69) is 5.32 Å². The van der Waals surface area contributed by atoms with Crippen LogP contribution in [0.5, 0.6) is 0 Å². The Morgan fingerprint density at radius 1 is 1.17 bits per heavy atom. The first-order chi connectivity index (χ1) is 14.2. The molecule has 1 atom stereocenters. The minimum absolute atomic E-state index is 0.0812. The first kappa shape index (κ1) is 20.7. The first-order valence-electron chi connectivity index (χ1n) is 9.34. The number of hydrogen-bond acceptors (Lipinski definition) is 2. The summed E-state index contributed by atoms with van der Waals surface area (Å²) in [5.41, 5.74) is -0.815. The van der Waals surface area contributed by atoms with Crippen molar-refractivity contribution in [2.75, 3.05) is 4.90 Å². The maximum Gasteiger partial charge on any atom is 0.252 e. The monoisotopic (exact) mass is 440 g/mol. The summed E-state index contributed by atoms with van der Waals surface area (Å²) < 4.78 is 54.3. The number of rotatable bonds is 5. The Kier molecular flexibility index (Phi) is 5.00. The molecular weight excluding hydrogens is 424 g/mol. The summed E-state index contributed by atoms with van der Waals surface area (Å²) in [6.45, 7) is 0. The summed E-state index contributed by atoms with van der Waals surface area (Å²) in [6.07, 6.45) is -0.289. The number of fused-ring (bicyclic) bond motifs is 1. The lowest BCUT2D eigenvalue weighted by Crippen LogP contribution is -2.60. The van der Waals surface area contributed by atoms with Gasteiger partial charge >= 0.3 is 0 Å². The Morgan fingerprint density at radius 2 is 1.83 bits per heavy atom. The van der Waals surface area contributed by atoms with Gasteiger partial charge in [0, 0.05) is 30.0 Å². The molecule has 0 heterocycles. The number of hydrogen-bond donors (Lipinski definition) is 1. The van der Waals surface area contributed by atoms with Gasteiger partial charge in [-0.2, -0.15) is 0 Å². The predicted molar refractivity (Wildman–Crippen MR) is 102 cm³/mol. The third-order valence-corrected chi connectivity index (χ3v) is 6.10. The van der Waals surface area contributed by atoms with Crippen LogP contribution < -0.4 is 10.2 Å². The van der Waals surface area contributed by atoms with E-state index in [0.29, 0.717) is 35.0 Å². The third kappa shape index (κ3) is 3.33. The molecule has 1 saturated carbocycles. The van der Waals surface area contributed by atoms with Gasteiger partial charge in [0.15, 0.2) is 5.54 Å². The molecule has 2 aliphatic carbocycles. The van der Waals surface area contributed by atoms with Gasteiger partial charge in [-0.1, -0.05) is 23.7 Å². The fraction of sp³-hybridized carbons (Fsp3) is 0.333. The van der Waals surface area contributed by atoms with Crippen LogP contribution in [0.2, 0.25) is 5.02 Å². The smallest absolute Gasteiger partial charge is 0.252 e. The molecule has 1 unspecified atom stereocenters. The molecular formula is C21H17ClF4N2O2. The highest BCUT2D eigenvalue weighted by atomic mass is 35.5. The van der Waals surface area contributed by atoms with Crippen molar-refractivity contribution in [3.63, 3.8) is 0 Å². The Balaban J connectivity index is 1.81. The van der Waals surface area contributed by atoms with Crippen LogP contribution in [0, 0.1) is 11.6 Å². The van der Waals surface area contributed by atoms with Crippen molar-refractivity contribution < 1.29 is 27.2 Å². The molecule has 0 spiro atoms. The zero-order chi connectivity index (χ0) is 21.7. The molecule has 2 aromatic rings. The number of nitrogens with zero attached hydrogens (tertiary/aromatic N) is 1. The Morgan fingerprint density at radius 3 is 2.43 bits per heavy atom. The minimum atomic E-state index is -2.85. The first-order valence-corrected chi connectivity index (χ1v) is 9.71. The third-order valence-electron chi connectivity index (χ3n) is 5.74. The largest absolute Gasteiger partial charge is 0.351 e. The van der Waals surface area contributed by atoms with Crippen molar-refractivity contribution in [3.05, 3.63) is 64.2 Å². The van der Waals surface area contributed by atoms with Gasteiger partial charge in [0.1, 0.15) is 11.6 Å². The summed E-state index contributed by atoms with van der Waals surface area (Å²) in [6, 6.07) is 6.60. The van der Waals surface area contributed by atoms with Gasteiger partial charge in [-0.25, -0.2) is 17.6 Å². The fourth-order valence-corrected chi connectivity index (χ4v) is 4.62. The summed E-state index contributed by atoms with van der Waals surface area (Å²) in [5.74, 6) is -5.38. The quantitative estimate of drug-likeness (QED) is 0.555. The van der Waals surface area contributed by atoms with Gasteiger partial charge in [-0.15, -0.1) is 0 Å². The summed E-state index contributed by atoms with van der Waals surface area (Å²) in [7, 11) is 0. The molecule has 2 aromatic carbocycles. The lowest BCUT2D eigenvalue weighted by Gasteiger charge is -2.42. The van der Waals surface area contributed by atoms with Gasteiger partial charge in [-0.05, 0) is 42.2 Å². The summed E-state index contributed by atoms with van der Waals surface area (Å²) in [4.78, 5) is 26.5. The molecule has 2 amide bonds. The lowest BCUT2D eigenvalue weighted by molar-refractivity contribution is -0.135. The Hall–Kier alpha value is -2.61. The highest BCUT2D eigenvalue weighted by molar-refractivity contribution is 6.31. The van der Waals surface area contributed by atoms with Crippen LogP contribution in [0.15, 0.2) is 36.4 Å². The van der Waals surface area contributed by atoms with Crippen molar-refractivity contribution in [2.24, 2.45) is 0 Å².